The van der Waals surface area contributed by atoms with Crippen LogP contribution in [0.15, 0.2) is 41.2 Å². The number of aromatic amines is 1. The fourth-order valence-corrected chi connectivity index (χ4v) is 2.37. The average molecular weight is 313 g/mol. The van der Waals surface area contributed by atoms with E-state index in [4.69, 9.17) is 4.42 Å². The fraction of sp³-hybridized carbons (Fsp3) is 0.188. The third kappa shape index (κ3) is 3.08. The number of para-hydroxylation sites is 1. The van der Waals surface area contributed by atoms with E-state index in [1.54, 1.807) is 6.07 Å². The number of aliphatic carboxylic acids is 1. The van der Waals surface area contributed by atoms with Crippen LogP contribution >= 0.6 is 0 Å². The smallest absolute Gasteiger partial charge is 0.326 e. The minimum Gasteiger partial charge on any atom is -0.480 e. The van der Waals surface area contributed by atoms with Crippen LogP contribution in [-0.2, 0) is 11.2 Å². The summed E-state index contributed by atoms with van der Waals surface area (Å²) < 4.78 is 5.55. The number of imidazole rings is 1. The van der Waals surface area contributed by atoms with Gasteiger partial charge < -0.3 is 19.8 Å². The summed E-state index contributed by atoms with van der Waals surface area (Å²) in [5.74, 6) is -1.60. The number of aryl methyl sites for hydroxylation is 1. The Morgan fingerprint density at radius 1 is 1.43 bits per heavy atom. The van der Waals surface area contributed by atoms with Gasteiger partial charge >= 0.3 is 5.97 Å². The zero-order valence-corrected chi connectivity index (χ0v) is 12.4. The van der Waals surface area contributed by atoms with Crippen molar-refractivity contribution in [2.45, 2.75) is 19.4 Å². The molecule has 0 radical (unpaired) electrons. The van der Waals surface area contributed by atoms with Crippen molar-refractivity contribution in [3.63, 3.8) is 0 Å². The van der Waals surface area contributed by atoms with E-state index in [0.29, 0.717) is 11.3 Å². The number of H-pyrrole nitrogens is 1. The van der Waals surface area contributed by atoms with Crippen LogP contribution in [0, 0.1) is 6.92 Å². The van der Waals surface area contributed by atoms with Crippen LogP contribution in [0.4, 0.5) is 0 Å². The molecule has 0 spiro atoms. The van der Waals surface area contributed by atoms with E-state index in [2.05, 4.69) is 15.3 Å². The van der Waals surface area contributed by atoms with Crippen LogP contribution in [0.1, 0.15) is 21.8 Å². The Morgan fingerprint density at radius 3 is 2.91 bits per heavy atom. The molecule has 0 aliphatic rings. The number of hydrogen-bond acceptors (Lipinski definition) is 4. The van der Waals surface area contributed by atoms with Gasteiger partial charge in [0.2, 0.25) is 0 Å². The van der Waals surface area contributed by atoms with Gasteiger partial charge in [-0.3, -0.25) is 4.79 Å². The van der Waals surface area contributed by atoms with E-state index in [0.717, 1.165) is 10.9 Å². The molecule has 0 fully saturated rings. The molecule has 2 aromatic heterocycles. The number of carboxylic acid groups (broad SMARTS) is 1. The Labute approximate surface area is 131 Å². The minimum atomic E-state index is -1.12. The summed E-state index contributed by atoms with van der Waals surface area (Å²) >= 11 is 0. The van der Waals surface area contributed by atoms with Gasteiger partial charge in [0, 0.05) is 23.7 Å². The number of benzene rings is 1. The molecule has 23 heavy (non-hydrogen) atoms. The highest BCUT2D eigenvalue weighted by Gasteiger charge is 2.23. The topological polar surface area (TPSA) is 108 Å². The second kappa shape index (κ2) is 5.96. The summed E-state index contributed by atoms with van der Waals surface area (Å²) in [6.07, 6.45) is 3.09. The summed E-state index contributed by atoms with van der Waals surface area (Å²) in [6.45, 7) is 1.88. The van der Waals surface area contributed by atoms with Crippen LogP contribution < -0.4 is 5.32 Å². The number of furan rings is 1. The highest BCUT2D eigenvalue weighted by atomic mass is 16.4. The zero-order chi connectivity index (χ0) is 16.4. The van der Waals surface area contributed by atoms with Crippen molar-refractivity contribution in [1.82, 2.24) is 15.3 Å². The first-order valence-electron chi connectivity index (χ1n) is 7.04. The monoisotopic (exact) mass is 313 g/mol. The lowest BCUT2D eigenvalue weighted by atomic mass is 10.1. The van der Waals surface area contributed by atoms with Crippen molar-refractivity contribution in [1.29, 1.82) is 0 Å². The first kappa shape index (κ1) is 14.8. The number of aromatic nitrogens is 2. The molecule has 3 rings (SSSR count). The number of rotatable bonds is 5. The summed E-state index contributed by atoms with van der Waals surface area (Å²) in [5.41, 5.74) is 2.16. The Balaban J connectivity index is 1.80. The maximum Gasteiger partial charge on any atom is 0.326 e. The molecule has 7 heteroatoms. The van der Waals surface area contributed by atoms with E-state index in [1.807, 2.05) is 25.1 Å². The van der Waals surface area contributed by atoms with E-state index in [-0.39, 0.29) is 12.2 Å². The van der Waals surface area contributed by atoms with Gasteiger partial charge in [-0.2, -0.15) is 0 Å². The van der Waals surface area contributed by atoms with Gasteiger partial charge in [0.15, 0.2) is 5.76 Å². The summed E-state index contributed by atoms with van der Waals surface area (Å²) in [4.78, 5) is 30.3. The maximum absolute atomic E-state index is 12.3. The molecule has 118 valence electrons. The number of carbonyl (C=O) groups excluding carboxylic acids is 1. The number of fused-ring (bicyclic) bond motifs is 1. The number of hydrogen-bond donors (Lipinski definition) is 3. The lowest BCUT2D eigenvalue weighted by molar-refractivity contribution is -0.139. The van der Waals surface area contributed by atoms with Gasteiger partial charge in [-0.1, -0.05) is 18.2 Å². The first-order chi connectivity index (χ1) is 11.0. The maximum atomic E-state index is 12.3. The van der Waals surface area contributed by atoms with E-state index in [1.165, 1.54) is 12.5 Å². The second-order valence-corrected chi connectivity index (χ2v) is 5.25. The average Bonchev–Trinajstić information content (AvgIpc) is 3.15. The minimum absolute atomic E-state index is 0.0881. The normalized spacial score (nSPS) is 12.2. The van der Waals surface area contributed by atoms with E-state index < -0.39 is 17.9 Å². The van der Waals surface area contributed by atoms with Crippen molar-refractivity contribution >= 4 is 22.8 Å². The molecule has 0 aliphatic heterocycles. The molecule has 0 aliphatic carbocycles. The molecule has 0 saturated carbocycles. The lowest BCUT2D eigenvalue weighted by Gasteiger charge is -2.12. The second-order valence-electron chi connectivity index (χ2n) is 5.25. The molecule has 1 aromatic carbocycles. The zero-order valence-electron chi connectivity index (χ0n) is 12.4. The molecule has 3 N–H and O–H groups in total. The fourth-order valence-electron chi connectivity index (χ4n) is 2.37. The number of nitrogens with one attached hydrogen (secondary N) is 2. The van der Waals surface area contributed by atoms with Crippen molar-refractivity contribution in [3.8, 4) is 0 Å². The van der Waals surface area contributed by atoms with Crippen LogP contribution in [0.2, 0.25) is 0 Å². The predicted molar refractivity (Wildman–Crippen MR) is 82.1 cm³/mol. The van der Waals surface area contributed by atoms with Crippen LogP contribution in [0.25, 0.3) is 11.0 Å². The SMILES string of the molecule is Cc1cccc2cc(C(=O)NC(Cc3cnc[nH]3)C(=O)O)oc12. The summed E-state index contributed by atoms with van der Waals surface area (Å²) in [5, 5.41) is 12.5. The van der Waals surface area contributed by atoms with Crippen LogP contribution in [-0.4, -0.2) is 33.0 Å². The van der Waals surface area contributed by atoms with Gasteiger partial charge in [-0.05, 0) is 18.6 Å². The lowest BCUT2D eigenvalue weighted by Crippen LogP contribution is -2.42. The van der Waals surface area contributed by atoms with Crippen molar-refractivity contribution in [2.75, 3.05) is 0 Å². The van der Waals surface area contributed by atoms with E-state index >= 15 is 0 Å². The molecule has 1 amide bonds. The largest absolute Gasteiger partial charge is 0.480 e. The van der Waals surface area contributed by atoms with Gasteiger partial charge in [-0.25, -0.2) is 9.78 Å². The van der Waals surface area contributed by atoms with Crippen LogP contribution in [0.5, 0.6) is 0 Å². The molecular formula is C16H15N3O4. The quantitative estimate of drug-likeness (QED) is 0.666. The number of amides is 1. The van der Waals surface area contributed by atoms with Gasteiger partial charge in [0.25, 0.3) is 5.91 Å². The Morgan fingerprint density at radius 2 is 2.26 bits per heavy atom. The Kier molecular flexibility index (Phi) is 3.84. The first-order valence-corrected chi connectivity index (χ1v) is 7.04. The predicted octanol–water partition coefficient (Wildman–Crippen LogP) is 1.89. The third-order valence-corrected chi connectivity index (χ3v) is 3.55. The van der Waals surface area contributed by atoms with Crippen molar-refractivity contribution in [2.24, 2.45) is 0 Å². The summed E-state index contributed by atoms with van der Waals surface area (Å²) in [6, 6.07) is 6.12. The van der Waals surface area contributed by atoms with Gasteiger partial charge in [0.05, 0.1) is 6.33 Å². The summed E-state index contributed by atoms with van der Waals surface area (Å²) in [7, 11) is 0. The highest BCUT2D eigenvalue weighted by molar-refractivity contribution is 5.98. The highest BCUT2D eigenvalue weighted by Crippen LogP contribution is 2.22. The Hall–Kier alpha value is -3.09. The van der Waals surface area contributed by atoms with Crippen molar-refractivity contribution in [3.05, 3.63) is 53.8 Å². The molecule has 1 unspecified atom stereocenters. The molecule has 0 bridgehead atoms. The molecule has 1 atom stereocenters. The third-order valence-electron chi connectivity index (χ3n) is 3.55. The molecular weight excluding hydrogens is 298 g/mol. The van der Waals surface area contributed by atoms with Crippen LogP contribution in [0.3, 0.4) is 0 Å². The van der Waals surface area contributed by atoms with Gasteiger partial charge in [0.1, 0.15) is 11.6 Å². The number of nitrogens with zero attached hydrogens (tertiary/aromatic N) is 1. The standard InChI is InChI=1S/C16H15N3O4/c1-9-3-2-4-10-5-13(23-14(9)10)15(20)19-12(16(21)22)6-11-7-17-8-18-11/h2-5,7-8,12H,6H2,1H3,(H,17,18)(H,19,20)(H,21,22). The molecule has 3 aromatic rings. The number of carboxylic acids is 1. The molecule has 0 saturated heterocycles. The molecule has 7 nitrogen and oxygen atoms in total. The van der Waals surface area contributed by atoms with Gasteiger partial charge in [-0.15, -0.1) is 0 Å². The number of carbonyl (C=O) groups is 2. The molecule has 2 heterocycles. The van der Waals surface area contributed by atoms with E-state index in [9.17, 15) is 14.7 Å². The Bertz CT molecular complexity index is 851. The van der Waals surface area contributed by atoms with Crippen molar-refractivity contribution < 1.29 is 19.1 Å².